The molecule has 2 aromatic heterocycles. The molecule has 0 saturated heterocycles. The van der Waals surface area contributed by atoms with Crippen LogP contribution < -0.4 is 11.0 Å². The van der Waals surface area contributed by atoms with Crippen molar-refractivity contribution >= 4 is 21.9 Å². The molecule has 2 aromatic carbocycles. The van der Waals surface area contributed by atoms with Gasteiger partial charge in [0.25, 0.3) is 5.56 Å². The van der Waals surface area contributed by atoms with E-state index in [0.717, 1.165) is 29.9 Å². The highest BCUT2D eigenvalue weighted by molar-refractivity contribution is 5.91. The van der Waals surface area contributed by atoms with Gasteiger partial charge in [-0.2, -0.15) is 0 Å². The Hall–Kier alpha value is -3.21. The van der Waals surface area contributed by atoms with Gasteiger partial charge >= 0.3 is 0 Å². The van der Waals surface area contributed by atoms with Gasteiger partial charge in [0.05, 0.1) is 11.2 Å². The summed E-state index contributed by atoms with van der Waals surface area (Å²) in [7, 11) is 1.86. The lowest BCUT2D eigenvalue weighted by Gasteiger charge is -2.15. The Bertz CT molecular complexity index is 1280. The number of fused-ring (bicyclic) bond motifs is 2. The summed E-state index contributed by atoms with van der Waals surface area (Å²) in [6.45, 7) is 0. The van der Waals surface area contributed by atoms with Crippen LogP contribution >= 0.6 is 0 Å². The van der Waals surface area contributed by atoms with E-state index >= 15 is 0 Å². The number of para-hydroxylation sites is 2. The fraction of sp³-hybridized carbons (Fsp3) is 0.190. The van der Waals surface area contributed by atoms with Gasteiger partial charge in [-0.3, -0.25) is 14.2 Å². The van der Waals surface area contributed by atoms with Crippen LogP contribution in [0.5, 0.6) is 0 Å². The third kappa shape index (κ3) is 2.07. The van der Waals surface area contributed by atoms with Crippen molar-refractivity contribution in [3.63, 3.8) is 0 Å². The average molecular weight is 343 g/mol. The lowest BCUT2D eigenvalue weighted by molar-refractivity contribution is 0.808. The molecule has 1 saturated carbocycles. The Morgan fingerprint density at radius 2 is 1.65 bits per heavy atom. The summed E-state index contributed by atoms with van der Waals surface area (Å²) in [5.41, 5.74) is 1.47. The molecule has 26 heavy (non-hydrogen) atoms. The summed E-state index contributed by atoms with van der Waals surface area (Å²) in [5.74, 6) is 1.02. The molecule has 5 nitrogen and oxygen atoms in total. The normalized spacial score (nSPS) is 14.2. The molecule has 1 aliphatic carbocycles. The number of pyridine rings is 1. The van der Waals surface area contributed by atoms with Crippen LogP contribution in [0.3, 0.4) is 0 Å². The van der Waals surface area contributed by atoms with Gasteiger partial charge in [-0.1, -0.05) is 30.3 Å². The number of nitrogens with zero attached hydrogens (tertiary/aromatic N) is 3. The SMILES string of the molecule is Cn1c2ccccc2c(=O)c2c(=O)n(-c3ccccc3)c(C3CC3)nc21. The maximum absolute atomic E-state index is 13.4. The van der Waals surface area contributed by atoms with Crippen molar-refractivity contribution in [1.29, 1.82) is 0 Å². The highest BCUT2D eigenvalue weighted by Crippen LogP contribution is 2.39. The van der Waals surface area contributed by atoms with E-state index < -0.39 is 0 Å². The van der Waals surface area contributed by atoms with Gasteiger partial charge in [0, 0.05) is 18.4 Å². The molecule has 0 N–H and O–H groups in total. The van der Waals surface area contributed by atoms with E-state index in [4.69, 9.17) is 4.98 Å². The van der Waals surface area contributed by atoms with E-state index in [9.17, 15) is 9.59 Å². The van der Waals surface area contributed by atoms with Crippen LogP contribution in [0.15, 0.2) is 64.2 Å². The molecule has 1 aliphatic rings. The fourth-order valence-corrected chi connectivity index (χ4v) is 3.62. The van der Waals surface area contributed by atoms with Crippen molar-refractivity contribution in [2.45, 2.75) is 18.8 Å². The Morgan fingerprint density at radius 1 is 0.962 bits per heavy atom. The molecule has 0 atom stereocenters. The van der Waals surface area contributed by atoms with Gasteiger partial charge in [-0.25, -0.2) is 4.98 Å². The zero-order chi connectivity index (χ0) is 17.8. The first-order chi connectivity index (χ1) is 12.7. The second-order valence-corrected chi connectivity index (χ2v) is 6.82. The van der Waals surface area contributed by atoms with E-state index in [1.807, 2.05) is 60.1 Å². The molecule has 0 aliphatic heterocycles. The molecule has 0 spiro atoms. The van der Waals surface area contributed by atoms with Crippen molar-refractivity contribution in [3.8, 4) is 5.69 Å². The predicted molar refractivity (Wildman–Crippen MR) is 102 cm³/mol. The van der Waals surface area contributed by atoms with Gasteiger partial charge in [0.15, 0.2) is 5.65 Å². The van der Waals surface area contributed by atoms with Gasteiger partial charge in [0.2, 0.25) is 5.43 Å². The van der Waals surface area contributed by atoms with Crippen LogP contribution in [-0.2, 0) is 7.05 Å². The van der Waals surface area contributed by atoms with Gasteiger partial charge in [0.1, 0.15) is 11.2 Å². The van der Waals surface area contributed by atoms with E-state index in [1.165, 1.54) is 0 Å². The summed E-state index contributed by atoms with van der Waals surface area (Å²) in [6, 6.07) is 16.8. The molecule has 2 heterocycles. The number of benzene rings is 2. The zero-order valence-electron chi connectivity index (χ0n) is 14.3. The average Bonchev–Trinajstić information content (AvgIpc) is 3.51. The molecular formula is C21H17N3O2. The Labute approximate surface area is 149 Å². The van der Waals surface area contributed by atoms with Crippen molar-refractivity contribution in [3.05, 3.63) is 81.0 Å². The van der Waals surface area contributed by atoms with Gasteiger partial charge in [-0.15, -0.1) is 0 Å². The van der Waals surface area contributed by atoms with Crippen LogP contribution in [0.2, 0.25) is 0 Å². The molecule has 4 aromatic rings. The summed E-state index contributed by atoms with van der Waals surface area (Å²) in [6.07, 6.45) is 2.04. The molecule has 0 amide bonds. The number of aryl methyl sites for hydroxylation is 1. The van der Waals surface area contributed by atoms with Gasteiger partial charge < -0.3 is 4.57 Å². The Kier molecular flexibility index (Phi) is 3.13. The highest BCUT2D eigenvalue weighted by atomic mass is 16.1. The summed E-state index contributed by atoms with van der Waals surface area (Å²) in [5, 5.41) is 0.694. The largest absolute Gasteiger partial charge is 0.328 e. The lowest BCUT2D eigenvalue weighted by Crippen LogP contribution is -2.29. The first kappa shape index (κ1) is 15.1. The van der Waals surface area contributed by atoms with Crippen molar-refractivity contribution in [2.24, 2.45) is 7.05 Å². The fourth-order valence-electron chi connectivity index (χ4n) is 3.62. The van der Waals surface area contributed by atoms with Crippen LogP contribution in [0.25, 0.3) is 27.6 Å². The van der Waals surface area contributed by atoms with Crippen molar-refractivity contribution < 1.29 is 0 Å². The summed E-state index contributed by atoms with van der Waals surface area (Å²) in [4.78, 5) is 31.3. The molecule has 5 rings (SSSR count). The smallest absolute Gasteiger partial charge is 0.271 e. The second-order valence-electron chi connectivity index (χ2n) is 6.82. The predicted octanol–water partition coefficient (Wildman–Crippen LogP) is 3.12. The standard InChI is InChI=1S/C21H17N3O2/c1-23-16-10-6-5-9-15(16)18(25)17-20(23)22-19(13-11-12-13)24(21(17)26)14-7-3-2-4-8-14/h2-10,13H,11-12H2,1H3. The summed E-state index contributed by atoms with van der Waals surface area (Å²) < 4.78 is 3.48. The van der Waals surface area contributed by atoms with Crippen LogP contribution in [-0.4, -0.2) is 14.1 Å². The Balaban J connectivity index is 2.01. The first-order valence-corrected chi connectivity index (χ1v) is 8.76. The monoisotopic (exact) mass is 343 g/mol. The van der Waals surface area contributed by atoms with Gasteiger partial charge in [-0.05, 0) is 37.1 Å². The number of rotatable bonds is 2. The van der Waals surface area contributed by atoms with Crippen molar-refractivity contribution in [2.75, 3.05) is 0 Å². The van der Waals surface area contributed by atoms with Crippen LogP contribution in [0.4, 0.5) is 0 Å². The first-order valence-electron chi connectivity index (χ1n) is 8.76. The molecular weight excluding hydrogens is 326 g/mol. The topological polar surface area (TPSA) is 56.9 Å². The van der Waals surface area contributed by atoms with Crippen LogP contribution in [0.1, 0.15) is 24.6 Å². The number of hydrogen-bond donors (Lipinski definition) is 0. The number of hydrogen-bond acceptors (Lipinski definition) is 3. The third-order valence-corrected chi connectivity index (χ3v) is 5.10. The summed E-state index contributed by atoms with van der Waals surface area (Å²) >= 11 is 0. The highest BCUT2D eigenvalue weighted by Gasteiger charge is 2.31. The molecule has 1 fully saturated rings. The minimum absolute atomic E-state index is 0.152. The molecule has 5 heteroatoms. The minimum atomic E-state index is -0.283. The number of aromatic nitrogens is 3. The van der Waals surface area contributed by atoms with Crippen molar-refractivity contribution in [1.82, 2.24) is 14.1 Å². The molecule has 0 radical (unpaired) electrons. The molecule has 0 unspecified atom stereocenters. The second kappa shape index (κ2) is 5.39. The quantitative estimate of drug-likeness (QED) is 0.526. The van der Waals surface area contributed by atoms with E-state index in [2.05, 4.69) is 0 Å². The van der Waals surface area contributed by atoms with E-state index in [-0.39, 0.29) is 22.3 Å². The van der Waals surface area contributed by atoms with E-state index in [0.29, 0.717) is 11.0 Å². The molecule has 0 bridgehead atoms. The van der Waals surface area contributed by atoms with E-state index in [1.54, 1.807) is 10.6 Å². The maximum Gasteiger partial charge on any atom is 0.271 e. The third-order valence-electron chi connectivity index (χ3n) is 5.10. The molecule has 128 valence electrons. The van der Waals surface area contributed by atoms with Crippen LogP contribution in [0, 0.1) is 0 Å². The zero-order valence-corrected chi connectivity index (χ0v) is 14.3. The maximum atomic E-state index is 13.4. The lowest BCUT2D eigenvalue weighted by atomic mass is 10.1. The minimum Gasteiger partial charge on any atom is -0.328 e. The Morgan fingerprint density at radius 3 is 2.38 bits per heavy atom.